The number of likely N-dealkylation sites (tertiary alicyclic amines) is 1. The number of nitrogens with zero attached hydrogens (tertiary/aromatic N) is 4. The molecule has 9 nitrogen and oxygen atoms in total. The molecule has 9 heteroatoms. The molecule has 1 aromatic heterocycles. The highest BCUT2D eigenvalue weighted by atomic mass is 16.5. The molecule has 0 aromatic carbocycles. The Morgan fingerprint density at radius 2 is 1.67 bits per heavy atom. The first kappa shape index (κ1) is 20.6. The Morgan fingerprint density at radius 3 is 2.30 bits per heavy atom. The van der Waals surface area contributed by atoms with Crippen molar-refractivity contribution >= 4 is 0 Å². The summed E-state index contributed by atoms with van der Waals surface area (Å²) in [5.41, 5.74) is 6.84. The molecule has 2 saturated heterocycles. The van der Waals surface area contributed by atoms with E-state index in [1.54, 1.807) is 0 Å². The molecule has 1 spiro atoms. The van der Waals surface area contributed by atoms with Gasteiger partial charge < -0.3 is 24.7 Å². The van der Waals surface area contributed by atoms with Crippen LogP contribution in [0.2, 0.25) is 0 Å². The van der Waals surface area contributed by atoms with Gasteiger partial charge in [-0.05, 0) is 25.9 Å². The van der Waals surface area contributed by atoms with Crippen LogP contribution in [-0.2, 0) is 32.0 Å². The number of rotatable bonds is 13. The fourth-order valence-corrected chi connectivity index (χ4v) is 3.40. The maximum absolute atomic E-state index is 5.57. The number of piperidine rings is 1. The van der Waals surface area contributed by atoms with E-state index in [1.165, 1.54) is 12.8 Å². The molecular weight excluding hydrogens is 350 g/mol. The Bertz CT molecular complexity index is 528. The van der Waals surface area contributed by atoms with Gasteiger partial charge in [-0.25, -0.2) is 4.68 Å². The minimum atomic E-state index is 0.479. The number of hydrogen-bond acceptors (Lipinski definition) is 8. The zero-order chi connectivity index (χ0) is 18.8. The van der Waals surface area contributed by atoms with Crippen molar-refractivity contribution < 1.29 is 18.9 Å². The molecule has 3 heterocycles. The van der Waals surface area contributed by atoms with Crippen molar-refractivity contribution in [2.24, 2.45) is 11.1 Å². The largest absolute Gasteiger partial charge is 0.380 e. The Hall–Kier alpha value is -1.10. The van der Waals surface area contributed by atoms with Crippen LogP contribution in [0.25, 0.3) is 0 Å². The lowest BCUT2D eigenvalue weighted by molar-refractivity contribution is -0.140. The van der Waals surface area contributed by atoms with Crippen LogP contribution in [0.1, 0.15) is 18.5 Å². The van der Waals surface area contributed by atoms with Crippen molar-refractivity contribution in [2.75, 3.05) is 72.5 Å². The topological polar surface area (TPSA) is 96.9 Å². The molecule has 1 aromatic rings. The molecule has 0 aliphatic carbocycles. The standard InChI is InChI=1S/C18H33N5O4/c19-3-7-24-9-11-26-12-10-25-8-6-23-14-17(20-21-23)13-22-4-1-18(2-5-22)15-27-16-18/h14H,1-13,15-16,19H2. The van der Waals surface area contributed by atoms with Gasteiger partial charge in [0.1, 0.15) is 0 Å². The summed E-state index contributed by atoms with van der Waals surface area (Å²) >= 11 is 0. The number of nitrogens with two attached hydrogens (primary N) is 1. The highest BCUT2D eigenvalue weighted by Gasteiger charge is 2.41. The van der Waals surface area contributed by atoms with Crippen molar-refractivity contribution in [2.45, 2.75) is 25.9 Å². The number of ether oxygens (including phenoxy) is 4. The van der Waals surface area contributed by atoms with Gasteiger partial charge in [0.05, 0.1) is 65.1 Å². The third-order valence-electron chi connectivity index (χ3n) is 5.18. The number of hydrogen-bond donors (Lipinski definition) is 1. The van der Waals surface area contributed by atoms with Crippen LogP contribution < -0.4 is 5.73 Å². The second kappa shape index (κ2) is 11.0. The molecule has 2 N–H and O–H groups in total. The van der Waals surface area contributed by atoms with E-state index in [1.807, 2.05) is 10.9 Å². The molecule has 0 radical (unpaired) electrons. The van der Waals surface area contributed by atoms with Gasteiger partial charge in [-0.1, -0.05) is 5.21 Å². The van der Waals surface area contributed by atoms with Crippen molar-refractivity contribution in [3.63, 3.8) is 0 Å². The molecule has 27 heavy (non-hydrogen) atoms. The molecule has 154 valence electrons. The predicted octanol–water partition coefficient (Wildman–Crippen LogP) is -0.101. The smallest absolute Gasteiger partial charge is 0.0967 e. The highest BCUT2D eigenvalue weighted by molar-refractivity contribution is 4.96. The summed E-state index contributed by atoms with van der Waals surface area (Å²) in [6.45, 7) is 9.71. The summed E-state index contributed by atoms with van der Waals surface area (Å²) in [7, 11) is 0. The van der Waals surface area contributed by atoms with Crippen LogP contribution >= 0.6 is 0 Å². The first-order valence-electron chi connectivity index (χ1n) is 9.92. The van der Waals surface area contributed by atoms with Crippen molar-refractivity contribution in [3.05, 3.63) is 11.9 Å². The van der Waals surface area contributed by atoms with Crippen LogP contribution in [0, 0.1) is 5.41 Å². The van der Waals surface area contributed by atoms with Gasteiger partial charge in [0.25, 0.3) is 0 Å². The molecule has 2 aliphatic rings. The number of aromatic nitrogens is 3. The fourth-order valence-electron chi connectivity index (χ4n) is 3.40. The van der Waals surface area contributed by atoms with E-state index >= 15 is 0 Å². The van der Waals surface area contributed by atoms with E-state index in [9.17, 15) is 0 Å². The summed E-state index contributed by atoms with van der Waals surface area (Å²) in [6.07, 6.45) is 4.48. The van der Waals surface area contributed by atoms with E-state index in [4.69, 9.17) is 24.7 Å². The van der Waals surface area contributed by atoms with Gasteiger partial charge in [-0.2, -0.15) is 0 Å². The lowest BCUT2D eigenvalue weighted by atomic mass is 9.77. The van der Waals surface area contributed by atoms with Gasteiger partial charge in [-0.3, -0.25) is 4.90 Å². The van der Waals surface area contributed by atoms with Crippen LogP contribution in [0.4, 0.5) is 0 Å². The zero-order valence-corrected chi connectivity index (χ0v) is 16.2. The van der Waals surface area contributed by atoms with Gasteiger partial charge >= 0.3 is 0 Å². The second-order valence-corrected chi connectivity index (χ2v) is 7.37. The molecule has 0 atom stereocenters. The van der Waals surface area contributed by atoms with Gasteiger partial charge in [-0.15, -0.1) is 5.10 Å². The average Bonchev–Trinajstić information content (AvgIpc) is 3.10. The van der Waals surface area contributed by atoms with Gasteiger partial charge in [0.2, 0.25) is 0 Å². The van der Waals surface area contributed by atoms with Gasteiger partial charge in [0.15, 0.2) is 0 Å². The van der Waals surface area contributed by atoms with Crippen molar-refractivity contribution in [1.82, 2.24) is 19.9 Å². The van der Waals surface area contributed by atoms with Crippen LogP contribution in [0.15, 0.2) is 6.20 Å². The van der Waals surface area contributed by atoms with Crippen LogP contribution in [-0.4, -0.2) is 92.4 Å². The molecule has 2 fully saturated rings. The minimum Gasteiger partial charge on any atom is -0.380 e. The third kappa shape index (κ3) is 6.78. The van der Waals surface area contributed by atoms with E-state index in [-0.39, 0.29) is 0 Å². The summed E-state index contributed by atoms with van der Waals surface area (Å²) in [6, 6.07) is 0. The Kier molecular flexibility index (Phi) is 8.43. The Balaban J connectivity index is 1.20. The summed E-state index contributed by atoms with van der Waals surface area (Å²) < 4.78 is 23.4. The normalized spacial score (nSPS) is 19.4. The van der Waals surface area contributed by atoms with Gasteiger partial charge in [0, 0.05) is 24.7 Å². The molecule has 0 saturated carbocycles. The quantitative estimate of drug-likeness (QED) is 0.472. The lowest BCUT2D eigenvalue weighted by Crippen LogP contribution is -2.50. The SMILES string of the molecule is NCCOCCOCCOCCn1cc(CN2CCC3(CC2)COC3)nn1. The molecule has 0 unspecified atom stereocenters. The molecule has 0 bridgehead atoms. The Labute approximate surface area is 161 Å². The first-order chi connectivity index (χ1) is 13.3. The second-order valence-electron chi connectivity index (χ2n) is 7.37. The van der Waals surface area contributed by atoms with Crippen LogP contribution in [0.5, 0.6) is 0 Å². The van der Waals surface area contributed by atoms with E-state index in [2.05, 4.69) is 15.2 Å². The van der Waals surface area contributed by atoms with E-state index < -0.39 is 0 Å². The van der Waals surface area contributed by atoms with E-state index in [0.717, 1.165) is 38.5 Å². The fraction of sp³-hybridized carbons (Fsp3) is 0.889. The molecule has 2 aliphatic heterocycles. The van der Waals surface area contributed by atoms with E-state index in [0.29, 0.717) is 58.1 Å². The monoisotopic (exact) mass is 383 g/mol. The summed E-state index contributed by atoms with van der Waals surface area (Å²) in [4.78, 5) is 2.46. The maximum Gasteiger partial charge on any atom is 0.0967 e. The minimum absolute atomic E-state index is 0.479. The first-order valence-corrected chi connectivity index (χ1v) is 9.92. The van der Waals surface area contributed by atoms with Crippen molar-refractivity contribution in [1.29, 1.82) is 0 Å². The van der Waals surface area contributed by atoms with Crippen LogP contribution in [0.3, 0.4) is 0 Å². The summed E-state index contributed by atoms with van der Waals surface area (Å²) in [5.74, 6) is 0. The molecule has 0 amide bonds. The Morgan fingerprint density at radius 1 is 1.00 bits per heavy atom. The summed E-state index contributed by atoms with van der Waals surface area (Å²) in [5, 5.41) is 8.48. The predicted molar refractivity (Wildman–Crippen MR) is 99.3 cm³/mol. The third-order valence-corrected chi connectivity index (χ3v) is 5.18. The maximum atomic E-state index is 5.57. The molecular formula is C18H33N5O4. The zero-order valence-electron chi connectivity index (χ0n) is 16.2. The molecule has 3 rings (SSSR count). The van der Waals surface area contributed by atoms with Crippen molar-refractivity contribution in [3.8, 4) is 0 Å². The average molecular weight is 383 g/mol. The highest BCUT2D eigenvalue weighted by Crippen LogP contribution is 2.38. The lowest BCUT2D eigenvalue weighted by Gasteiger charge is -2.47.